The Kier molecular flexibility index (Phi) is 4.61. The Bertz CT molecular complexity index is 678. The molecule has 0 atom stereocenters. The van der Waals surface area contributed by atoms with Crippen LogP contribution in [-0.2, 0) is 11.3 Å². The maximum Gasteiger partial charge on any atom is 0.339 e. The molecular formula is C17H18N2O2. The molecule has 4 N–H and O–H groups in total. The molecule has 21 heavy (non-hydrogen) atoms. The highest BCUT2D eigenvalue weighted by atomic mass is 16.5. The lowest BCUT2D eigenvalue weighted by Crippen LogP contribution is -2.08. The molecule has 0 spiro atoms. The zero-order valence-electron chi connectivity index (χ0n) is 11.9. The van der Waals surface area contributed by atoms with Crippen LogP contribution < -0.4 is 11.5 Å². The number of allylic oxidation sites excluding steroid dienone is 1. The largest absolute Gasteiger partial charge is 0.457 e. The number of rotatable bonds is 4. The summed E-state index contributed by atoms with van der Waals surface area (Å²) in [6.45, 7) is 2.02. The van der Waals surface area contributed by atoms with Crippen LogP contribution in [0.1, 0.15) is 28.4 Å². The van der Waals surface area contributed by atoms with Gasteiger partial charge in [-0.3, -0.25) is 0 Å². The predicted octanol–water partition coefficient (Wildman–Crippen LogP) is 3.24. The maximum atomic E-state index is 12.2. The fourth-order valence-corrected chi connectivity index (χ4v) is 1.96. The number of benzene rings is 2. The van der Waals surface area contributed by atoms with E-state index in [-0.39, 0.29) is 6.61 Å². The molecular weight excluding hydrogens is 264 g/mol. The molecule has 0 saturated heterocycles. The van der Waals surface area contributed by atoms with Gasteiger partial charge in [0.05, 0.1) is 5.56 Å². The van der Waals surface area contributed by atoms with Gasteiger partial charge in [-0.2, -0.15) is 0 Å². The van der Waals surface area contributed by atoms with Gasteiger partial charge in [0, 0.05) is 16.9 Å². The molecule has 108 valence electrons. The molecule has 0 radical (unpaired) electrons. The van der Waals surface area contributed by atoms with E-state index < -0.39 is 5.97 Å². The Morgan fingerprint density at radius 3 is 2.67 bits per heavy atom. The molecule has 0 heterocycles. The number of nitrogens with two attached hydrogens (primary N) is 2. The highest BCUT2D eigenvalue weighted by molar-refractivity contribution is 5.94. The van der Waals surface area contributed by atoms with Gasteiger partial charge >= 0.3 is 5.97 Å². The highest BCUT2D eigenvalue weighted by Crippen LogP contribution is 2.18. The number of nitrogen functional groups attached to an aromatic ring is 2. The number of hydrogen-bond acceptors (Lipinski definition) is 4. The van der Waals surface area contributed by atoms with Crippen molar-refractivity contribution in [3.63, 3.8) is 0 Å². The average Bonchev–Trinajstić information content (AvgIpc) is 2.48. The summed E-state index contributed by atoms with van der Waals surface area (Å²) in [7, 11) is 0. The van der Waals surface area contributed by atoms with Crippen molar-refractivity contribution in [1.29, 1.82) is 0 Å². The van der Waals surface area contributed by atoms with E-state index >= 15 is 0 Å². The summed E-state index contributed by atoms with van der Waals surface area (Å²) in [5.41, 5.74) is 14.7. The van der Waals surface area contributed by atoms with Crippen molar-refractivity contribution in [2.75, 3.05) is 11.5 Å². The summed E-state index contributed by atoms with van der Waals surface area (Å²) in [6.07, 6.45) is 3.70. The number of carbonyl (C=O) groups is 1. The Hall–Kier alpha value is -2.75. The number of para-hydroxylation sites is 1. The van der Waals surface area contributed by atoms with Crippen LogP contribution in [-0.4, -0.2) is 5.97 Å². The van der Waals surface area contributed by atoms with Crippen LogP contribution in [0.25, 0.3) is 6.08 Å². The molecule has 4 heteroatoms. The molecule has 0 aliphatic rings. The van der Waals surface area contributed by atoms with Crippen molar-refractivity contribution in [3.8, 4) is 0 Å². The molecule has 0 aliphatic heterocycles. The Balaban J connectivity index is 2.17. The summed E-state index contributed by atoms with van der Waals surface area (Å²) in [5.74, 6) is -0.418. The van der Waals surface area contributed by atoms with Gasteiger partial charge in [0.15, 0.2) is 0 Å². The first-order valence-corrected chi connectivity index (χ1v) is 6.64. The molecule has 0 aromatic heterocycles. The van der Waals surface area contributed by atoms with Crippen LogP contribution in [0.4, 0.5) is 11.4 Å². The number of ether oxygens (including phenoxy) is 1. The van der Waals surface area contributed by atoms with Crippen molar-refractivity contribution < 1.29 is 9.53 Å². The lowest BCUT2D eigenvalue weighted by atomic mass is 10.1. The molecule has 2 rings (SSSR count). The lowest BCUT2D eigenvalue weighted by molar-refractivity contribution is 0.0473. The van der Waals surface area contributed by atoms with Crippen molar-refractivity contribution in [2.24, 2.45) is 0 Å². The maximum absolute atomic E-state index is 12.2. The fraction of sp³-hybridized carbons (Fsp3) is 0.118. The number of esters is 1. The van der Waals surface area contributed by atoms with Crippen LogP contribution in [0.5, 0.6) is 0 Å². The first-order valence-electron chi connectivity index (χ1n) is 6.64. The van der Waals surface area contributed by atoms with E-state index in [1.807, 2.05) is 37.3 Å². The summed E-state index contributed by atoms with van der Waals surface area (Å²) in [6, 6.07) is 12.5. The fourth-order valence-electron chi connectivity index (χ4n) is 1.96. The Morgan fingerprint density at radius 1 is 1.19 bits per heavy atom. The molecule has 0 fully saturated rings. The van der Waals surface area contributed by atoms with Crippen molar-refractivity contribution in [3.05, 3.63) is 65.2 Å². The minimum Gasteiger partial charge on any atom is -0.457 e. The second-order valence-electron chi connectivity index (χ2n) is 4.62. The summed E-state index contributed by atoms with van der Waals surface area (Å²) >= 11 is 0. The molecule has 0 aliphatic carbocycles. The van der Waals surface area contributed by atoms with E-state index in [0.29, 0.717) is 16.9 Å². The van der Waals surface area contributed by atoms with Crippen LogP contribution in [0.3, 0.4) is 0 Å². The van der Waals surface area contributed by atoms with E-state index in [9.17, 15) is 4.79 Å². The first kappa shape index (κ1) is 14.7. The Morgan fingerprint density at radius 2 is 1.95 bits per heavy atom. The molecule has 2 aromatic rings. The topological polar surface area (TPSA) is 78.3 Å². The summed E-state index contributed by atoms with van der Waals surface area (Å²) < 4.78 is 5.33. The molecule has 0 unspecified atom stereocenters. The molecule has 0 bridgehead atoms. The van der Waals surface area contributed by atoms with Crippen molar-refractivity contribution in [1.82, 2.24) is 0 Å². The smallest absolute Gasteiger partial charge is 0.339 e. The lowest BCUT2D eigenvalue weighted by Gasteiger charge is -2.09. The van der Waals surface area contributed by atoms with Gasteiger partial charge in [-0.25, -0.2) is 4.79 Å². The molecule has 0 amide bonds. The standard InChI is InChI=1S/C17H18N2O2/c1-2-5-12-8-9-14(18)10-15(12)17(20)21-11-13-6-3-4-7-16(13)19/h2-10H,11,18-19H2,1H3/b5-2+. The van der Waals surface area contributed by atoms with Gasteiger partial charge in [-0.1, -0.05) is 36.4 Å². The van der Waals surface area contributed by atoms with Crippen molar-refractivity contribution in [2.45, 2.75) is 13.5 Å². The number of carbonyl (C=O) groups excluding carboxylic acids is 1. The Labute approximate surface area is 124 Å². The van der Waals surface area contributed by atoms with Crippen molar-refractivity contribution >= 4 is 23.4 Å². The zero-order valence-corrected chi connectivity index (χ0v) is 11.9. The van der Waals surface area contributed by atoms with E-state index in [2.05, 4.69) is 0 Å². The van der Waals surface area contributed by atoms with Gasteiger partial charge in [-0.05, 0) is 30.7 Å². The predicted molar refractivity (Wildman–Crippen MR) is 85.5 cm³/mol. The average molecular weight is 282 g/mol. The van der Waals surface area contributed by atoms with Gasteiger partial charge in [0.2, 0.25) is 0 Å². The van der Waals surface area contributed by atoms with Gasteiger partial charge in [0.25, 0.3) is 0 Å². The minimum absolute atomic E-state index is 0.135. The third-order valence-corrected chi connectivity index (χ3v) is 3.06. The van der Waals surface area contributed by atoms with Gasteiger partial charge in [-0.15, -0.1) is 0 Å². The minimum atomic E-state index is -0.418. The van der Waals surface area contributed by atoms with Crippen LogP contribution >= 0.6 is 0 Å². The first-order chi connectivity index (χ1) is 10.1. The second kappa shape index (κ2) is 6.61. The summed E-state index contributed by atoms with van der Waals surface area (Å²) in [5, 5.41) is 0. The van der Waals surface area contributed by atoms with E-state index in [4.69, 9.17) is 16.2 Å². The second-order valence-corrected chi connectivity index (χ2v) is 4.62. The highest BCUT2D eigenvalue weighted by Gasteiger charge is 2.12. The SMILES string of the molecule is C/C=C/c1ccc(N)cc1C(=O)OCc1ccccc1N. The normalized spacial score (nSPS) is 10.7. The summed E-state index contributed by atoms with van der Waals surface area (Å²) in [4.78, 5) is 12.2. The van der Waals surface area contributed by atoms with Crippen LogP contribution in [0, 0.1) is 0 Å². The monoisotopic (exact) mass is 282 g/mol. The van der Waals surface area contributed by atoms with Crippen LogP contribution in [0.15, 0.2) is 48.5 Å². The number of hydrogen-bond donors (Lipinski definition) is 2. The van der Waals surface area contributed by atoms with Gasteiger partial charge < -0.3 is 16.2 Å². The third-order valence-electron chi connectivity index (χ3n) is 3.06. The zero-order chi connectivity index (χ0) is 15.2. The molecule has 0 saturated carbocycles. The number of anilines is 2. The third kappa shape index (κ3) is 3.63. The molecule has 4 nitrogen and oxygen atoms in total. The van der Waals surface area contributed by atoms with Crippen LogP contribution in [0.2, 0.25) is 0 Å². The van der Waals surface area contributed by atoms with Gasteiger partial charge in [0.1, 0.15) is 6.61 Å². The van der Waals surface area contributed by atoms with E-state index in [0.717, 1.165) is 11.1 Å². The van der Waals surface area contributed by atoms with E-state index in [1.165, 1.54) is 0 Å². The molecule has 2 aromatic carbocycles. The van der Waals surface area contributed by atoms with E-state index in [1.54, 1.807) is 24.3 Å². The quantitative estimate of drug-likeness (QED) is 0.666.